The quantitative estimate of drug-likeness (QED) is 0.387. The predicted molar refractivity (Wildman–Crippen MR) is 83.5 cm³/mol. The molecule has 0 radical (unpaired) electrons. The molecule has 0 unspecified atom stereocenters. The van der Waals surface area contributed by atoms with Crippen LogP contribution in [0.4, 0.5) is 19.7 Å². The summed E-state index contributed by atoms with van der Waals surface area (Å²) in [5.41, 5.74) is -0.157. The van der Waals surface area contributed by atoms with E-state index < -0.39 is 28.9 Å². The zero-order valence-electron chi connectivity index (χ0n) is 12.9. The zero-order valence-corrected chi connectivity index (χ0v) is 13.6. The van der Waals surface area contributed by atoms with Gasteiger partial charge in [0, 0.05) is 12.1 Å². The molecule has 0 bridgehead atoms. The van der Waals surface area contributed by atoms with E-state index in [9.17, 15) is 18.8 Å². The van der Waals surface area contributed by atoms with Gasteiger partial charge in [0.05, 0.1) is 12.8 Å². The summed E-state index contributed by atoms with van der Waals surface area (Å²) in [7, 11) is 1.08. The molecule has 128 valence electrons. The Kier molecular flexibility index (Phi) is 5.40. The van der Waals surface area contributed by atoms with Crippen LogP contribution in [0.25, 0.3) is 0 Å². The van der Waals surface area contributed by atoms with Crippen molar-refractivity contribution < 1.29 is 28.2 Å². The Labute approximate surface area is 142 Å². The van der Waals surface area contributed by atoms with Crippen LogP contribution in [-0.4, -0.2) is 25.2 Å². The zero-order chi connectivity index (χ0) is 17.9. The number of allylic oxidation sites excluding steroid dienone is 1. The second-order valence-electron chi connectivity index (χ2n) is 4.77. The highest BCUT2D eigenvalue weighted by Crippen LogP contribution is 2.35. The summed E-state index contributed by atoms with van der Waals surface area (Å²) in [5.74, 6) is -1.89. The molecule has 7 nitrogen and oxygen atoms in total. The van der Waals surface area contributed by atoms with Gasteiger partial charge in [0.15, 0.2) is 0 Å². The van der Waals surface area contributed by atoms with E-state index >= 15 is 0 Å². The van der Waals surface area contributed by atoms with Crippen LogP contribution >= 0.6 is 11.6 Å². The second kappa shape index (κ2) is 7.31. The molecule has 3 amide bonds. The maximum Gasteiger partial charge on any atom is 0.513 e. The van der Waals surface area contributed by atoms with E-state index in [4.69, 9.17) is 16.3 Å². The normalized spacial score (nSPS) is 15.7. The number of anilines is 1. The van der Waals surface area contributed by atoms with Crippen molar-refractivity contribution in [3.63, 3.8) is 0 Å². The number of carbonyl (C=O) groups is 3. The van der Waals surface area contributed by atoms with Crippen LogP contribution in [0, 0.1) is 5.82 Å². The van der Waals surface area contributed by atoms with Crippen LogP contribution in [0.5, 0.6) is 5.75 Å². The van der Waals surface area contributed by atoms with Crippen molar-refractivity contribution >= 4 is 35.4 Å². The number of carbonyl (C=O) groups excluding carboxylic acids is 3. The highest BCUT2D eigenvalue weighted by molar-refractivity contribution is 6.37. The third-order valence-corrected chi connectivity index (χ3v) is 3.48. The maximum atomic E-state index is 14.0. The van der Waals surface area contributed by atoms with Gasteiger partial charge in [-0.25, -0.2) is 18.9 Å². The lowest BCUT2D eigenvalue weighted by molar-refractivity contribution is -0.113. The molecular weight excluding hydrogens is 343 g/mol. The van der Waals surface area contributed by atoms with Gasteiger partial charge in [-0.2, -0.15) is 0 Å². The molecule has 0 saturated carbocycles. The van der Waals surface area contributed by atoms with Gasteiger partial charge >= 0.3 is 12.2 Å². The average molecular weight is 357 g/mol. The number of nitrogens with one attached hydrogen (secondary N) is 1. The Morgan fingerprint density at radius 2 is 2.12 bits per heavy atom. The molecule has 1 heterocycles. The maximum absolute atomic E-state index is 14.0. The van der Waals surface area contributed by atoms with Gasteiger partial charge in [-0.1, -0.05) is 31.0 Å². The van der Waals surface area contributed by atoms with Crippen molar-refractivity contribution in [1.82, 2.24) is 5.32 Å². The molecule has 2 rings (SSSR count). The molecule has 1 fully saturated rings. The largest absolute Gasteiger partial charge is 0.513 e. The standard InChI is InChI=1S/C15H14ClFN2O5/c1-3-4-5-10-13(20)19(14(21)18-10)11-7-8(24-15(22)23-2)6-9(17)12(11)16/h5-7H,3-4H2,1-2H3,(H,18,21)/b10-5-. The molecule has 1 aliphatic heterocycles. The minimum absolute atomic E-state index is 0.0811. The fourth-order valence-electron chi connectivity index (χ4n) is 1.99. The molecule has 1 aromatic rings. The van der Waals surface area contributed by atoms with Gasteiger partial charge in [-0.3, -0.25) is 4.79 Å². The monoisotopic (exact) mass is 356 g/mol. The Morgan fingerprint density at radius 3 is 2.75 bits per heavy atom. The Balaban J connectivity index is 2.42. The molecule has 0 aromatic heterocycles. The molecule has 24 heavy (non-hydrogen) atoms. The van der Waals surface area contributed by atoms with E-state index in [1.807, 2.05) is 6.92 Å². The third-order valence-electron chi connectivity index (χ3n) is 3.11. The summed E-state index contributed by atoms with van der Waals surface area (Å²) in [6.07, 6.45) is 1.86. The number of hydrogen-bond donors (Lipinski definition) is 1. The summed E-state index contributed by atoms with van der Waals surface area (Å²) < 4.78 is 23.0. The Bertz CT molecular complexity index is 735. The SMILES string of the molecule is CCC/C=C1\NC(=O)N(c2cc(OC(=O)OC)cc(F)c2Cl)C1=O. The smallest absolute Gasteiger partial charge is 0.437 e. The minimum Gasteiger partial charge on any atom is -0.437 e. The first-order chi connectivity index (χ1) is 11.4. The topological polar surface area (TPSA) is 84.9 Å². The number of benzene rings is 1. The summed E-state index contributed by atoms with van der Waals surface area (Å²) in [6, 6.07) is 1.16. The lowest BCUT2D eigenvalue weighted by Crippen LogP contribution is -2.31. The second-order valence-corrected chi connectivity index (χ2v) is 5.15. The van der Waals surface area contributed by atoms with Crippen LogP contribution < -0.4 is 15.0 Å². The van der Waals surface area contributed by atoms with Crippen molar-refractivity contribution in [2.45, 2.75) is 19.8 Å². The molecule has 9 heteroatoms. The number of ether oxygens (including phenoxy) is 2. The first-order valence-corrected chi connectivity index (χ1v) is 7.37. The third kappa shape index (κ3) is 3.48. The number of halogens is 2. The predicted octanol–water partition coefficient (Wildman–Crippen LogP) is 3.36. The van der Waals surface area contributed by atoms with Gasteiger partial charge in [-0.05, 0) is 6.42 Å². The van der Waals surface area contributed by atoms with Crippen molar-refractivity contribution in [3.05, 3.63) is 34.7 Å². The number of urea groups is 1. The molecule has 0 atom stereocenters. The van der Waals surface area contributed by atoms with Crippen molar-refractivity contribution in [2.24, 2.45) is 0 Å². The number of amides is 3. The number of nitrogens with zero attached hydrogens (tertiary/aromatic N) is 1. The first-order valence-electron chi connectivity index (χ1n) is 6.99. The van der Waals surface area contributed by atoms with E-state index in [1.54, 1.807) is 6.08 Å². The number of imide groups is 1. The lowest BCUT2D eigenvalue weighted by Gasteiger charge is -2.15. The van der Waals surface area contributed by atoms with Gasteiger partial charge < -0.3 is 14.8 Å². The lowest BCUT2D eigenvalue weighted by atomic mass is 10.2. The fourth-order valence-corrected chi connectivity index (χ4v) is 2.19. The van der Waals surface area contributed by atoms with Crippen molar-refractivity contribution in [1.29, 1.82) is 0 Å². The van der Waals surface area contributed by atoms with E-state index in [1.165, 1.54) is 0 Å². The molecule has 1 aliphatic rings. The van der Waals surface area contributed by atoms with Crippen LogP contribution in [-0.2, 0) is 9.53 Å². The number of hydrogen-bond acceptors (Lipinski definition) is 5. The van der Waals surface area contributed by atoms with Crippen LogP contribution in [0.2, 0.25) is 5.02 Å². The molecule has 1 N–H and O–H groups in total. The Morgan fingerprint density at radius 1 is 1.42 bits per heavy atom. The number of rotatable bonds is 4. The van der Waals surface area contributed by atoms with E-state index in [2.05, 4.69) is 10.1 Å². The van der Waals surface area contributed by atoms with E-state index in [-0.39, 0.29) is 17.1 Å². The van der Waals surface area contributed by atoms with Gasteiger partial charge in [0.1, 0.15) is 22.3 Å². The fraction of sp³-hybridized carbons (Fsp3) is 0.267. The van der Waals surface area contributed by atoms with Crippen molar-refractivity contribution in [2.75, 3.05) is 12.0 Å². The summed E-state index contributed by atoms with van der Waals surface area (Å²) in [6.45, 7) is 1.91. The average Bonchev–Trinajstić information content (AvgIpc) is 2.82. The van der Waals surface area contributed by atoms with Gasteiger partial charge in [0.2, 0.25) is 0 Å². The van der Waals surface area contributed by atoms with Gasteiger partial charge in [-0.15, -0.1) is 0 Å². The number of methoxy groups -OCH3 is 1. The van der Waals surface area contributed by atoms with Crippen LogP contribution in [0.15, 0.2) is 23.9 Å². The molecule has 0 spiro atoms. The Hall–Kier alpha value is -2.61. The molecular formula is C15H14ClFN2O5. The van der Waals surface area contributed by atoms with Crippen molar-refractivity contribution in [3.8, 4) is 5.75 Å². The molecule has 1 saturated heterocycles. The van der Waals surface area contributed by atoms with Crippen LogP contribution in [0.3, 0.4) is 0 Å². The highest BCUT2D eigenvalue weighted by Gasteiger charge is 2.36. The molecule has 0 aliphatic carbocycles. The van der Waals surface area contributed by atoms with E-state index in [0.717, 1.165) is 25.7 Å². The summed E-state index contributed by atoms with van der Waals surface area (Å²) >= 11 is 5.86. The minimum atomic E-state index is -1.08. The summed E-state index contributed by atoms with van der Waals surface area (Å²) in [5, 5.41) is 1.94. The molecule has 1 aromatic carbocycles. The van der Waals surface area contributed by atoms with Gasteiger partial charge in [0.25, 0.3) is 5.91 Å². The highest BCUT2D eigenvalue weighted by atomic mass is 35.5. The summed E-state index contributed by atoms with van der Waals surface area (Å²) in [4.78, 5) is 36.2. The van der Waals surface area contributed by atoms with E-state index in [0.29, 0.717) is 11.3 Å². The first kappa shape index (κ1) is 17.7. The number of unbranched alkanes of at least 4 members (excludes halogenated alkanes) is 1. The van der Waals surface area contributed by atoms with Crippen LogP contribution in [0.1, 0.15) is 19.8 Å².